The minimum absolute atomic E-state index is 0.449. The molecule has 0 radical (unpaired) electrons. The third-order valence-corrected chi connectivity index (χ3v) is 3.96. The zero-order chi connectivity index (χ0) is 15.1. The zero-order valence-corrected chi connectivity index (χ0v) is 14.1. The van der Waals surface area contributed by atoms with Crippen LogP contribution >= 0.6 is 0 Å². The first kappa shape index (κ1) is 17.1. The first-order valence-electron chi connectivity index (χ1n) is 8.04. The van der Waals surface area contributed by atoms with Crippen molar-refractivity contribution in [2.75, 3.05) is 13.1 Å². The molecule has 1 rings (SSSR count). The van der Waals surface area contributed by atoms with Crippen LogP contribution in [0.25, 0.3) is 0 Å². The molecule has 3 heteroatoms. The molecule has 0 saturated heterocycles. The summed E-state index contributed by atoms with van der Waals surface area (Å²) in [5, 5.41) is 3.49. The van der Waals surface area contributed by atoms with E-state index in [9.17, 15) is 0 Å². The van der Waals surface area contributed by atoms with Gasteiger partial charge in [-0.05, 0) is 57.7 Å². The maximum Gasteiger partial charge on any atom is 0.131 e. The number of nitrogens with one attached hydrogen (secondary N) is 1. The molecule has 1 heterocycles. The molecule has 1 N–H and O–H groups in total. The Labute approximate surface area is 124 Å². The average Bonchev–Trinajstić information content (AvgIpc) is 2.42. The zero-order valence-electron chi connectivity index (χ0n) is 14.1. The van der Waals surface area contributed by atoms with E-state index in [-0.39, 0.29) is 0 Å². The minimum atomic E-state index is 0.449. The van der Waals surface area contributed by atoms with Crippen LogP contribution in [0.15, 0.2) is 0 Å². The quantitative estimate of drug-likeness (QED) is 0.735. The van der Waals surface area contributed by atoms with Crippen LogP contribution in [0.4, 0.5) is 0 Å². The number of hydrogen-bond acceptors (Lipinski definition) is 3. The summed E-state index contributed by atoms with van der Waals surface area (Å²) in [6.07, 6.45) is 3.35. The van der Waals surface area contributed by atoms with Crippen molar-refractivity contribution < 1.29 is 0 Å². The van der Waals surface area contributed by atoms with Gasteiger partial charge in [0.15, 0.2) is 0 Å². The second-order valence-electron chi connectivity index (χ2n) is 6.05. The van der Waals surface area contributed by atoms with Gasteiger partial charge in [-0.1, -0.05) is 27.7 Å². The van der Waals surface area contributed by atoms with Crippen LogP contribution in [0.1, 0.15) is 69.2 Å². The highest BCUT2D eigenvalue weighted by molar-refractivity contribution is 5.25. The highest BCUT2D eigenvalue weighted by Crippen LogP contribution is 2.20. The maximum atomic E-state index is 4.72. The topological polar surface area (TPSA) is 37.8 Å². The molecular formula is C17H31N3. The molecule has 3 nitrogen and oxygen atoms in total. The molecule has 0 aliphatic carbocycles. The molecule has 0 aliphatic rings. The standard InChI is InChI=1S/C17H31N3/c1-7-9-18-11-12(3)10-16-14(5)19-17(13(4)8-2)20-15(16)6/h12-13,18H,7-11H2,1-6H3. The van der Waals surface area contributed by atoms with Gasteiger partial charge in [0.05, 0.1) is 0 Å². The van der Waals surface area contributed by atoms with Crippen molar-refractivity contribution in [1.82, 2.24) is 15.3 Å². The van der Waals surface area contributed by atoms with Crippen molar-refractivity contribution in [2.24, 2.45) is 5.92 Å². The molecule has 0 fully saturated rings. The van der Waals surface area contributed by atoms with Crippen molar-refractivity contribution in [2.45, 2.75) is 66.7 Å². The fourth-order valence-electron chi connectivity index (χ4n) is 2.41. The molecule has 20 heavy (non-hydrogen) atoms. The van der Waals surface area contributed by atoms with Gasteiger partial charge in [-0.15, -0.1) is 0 Å². The van der Waals surface area contributed by atoms with Crippen LogP contribution in [0.2, 0.25) is 0 Å². The lowest BCUT2D eigenvalue weighted by molar-refractivity contribution is 0.506. The van der Waals surface area contributed by atoms with Crippen LogP contribution in [0, 0.1) is 19.8 Å². The first-order valence-corrected chi connectivity index (χ1v) is 8.04. The van der Waals surface area contributed by atoms with Crippen LogP contribution in [0.5, 0.6) is 0 Å². The fourth-order valence-corrected chi connectivity index (χ4v) is 2.41. The lowest BCUT2D eigenvalue weighted by Gasteiger charge is -2.17. The van der Waals surface area contributed by atoms with E-state index in [1.54, 1.807) is 0 Å². The Kier molecular flexibility index (Phi) is 7.14. The fraction of sp³-hybridized carbons (Fsp3) is 0.765. The van der Waals surface area contributed by atoms with Crippen LogP contribution in [0.3, 0.4) is 0 Å². The first-order chi connectivity index (χ1) is 9.49. The predicted molar refractivity (Wildman–Crippen MR) is 86.2 cm³/mol. The summed E-state index contributed by atoms with van der Waals surface area (Å²) in [6.45, 7) is 15.3. The smallest absolute Gasteiger partial charge is 0.131 e. The molecular weight excluding hydrogens is 246 g/mol. The SMILES string of the molecule is CCCNCC(C)Cc1c(C)nc(C(C)CC)nc1C. The van der Waals surface area contributed by atoms with Gasteiger partial charge in [0.2, 0.25) is 0 Å². The Bertz CT molecular complexity index is 392. The van der Waals surface area contributed by atoms with Crippen molar-refractivity contribution >= 4 is 0 Å². The molecule has 0 saturated carbocycles. The van der Waals surface area contributed by atoms with E-state index in [4.69, 9.17) is 9.97 Å². The summed E-state index contributed by atoms with van der Waals surface area (Å²) in [7, 11) is 0. The van der Waals surface area contributed by atoms with Gasteiger partial charge < -0.3 is 5.32 Å². The number of rotatable bonds is 8. The molecule has 2 unspecified atom stereocenters. The summed E-state index contributed by atoms with van der Waals surface area (Å²) >= 11 is 0. The van der Waals surface area contributed by atoms with Gasteiger partial charge in [0, 0.05) is 17.3 Å². The van der Waals surface area contributed by atoms with Crippen molar-refractivity contribution in [3.8, 4) is 0 Å². The lowest BCUT2D eigenvalue weighted by Crippen LogP contribution is -2.24. The van der Waals surface area contributed by atoms with E-state index in [0.29, 0.717) is 11.8 Å². The Balaban J connectivity index is 2.75. The summed E-state index contributed by atoms with van der Waals surface area (Å²) in [6, 6.07) is 0. The summed E-state index contributed by atoms with van der Waals surface area (Å²) in [5.74, 6) is 2.07. The summed E-state index contributed by atoms with van der Waals surface area (Å²) in [5.41, 5.74) is 3.66. The number of aryl methyl sites for hydroxylation is 2. The van der Waals surface area contributed by atoms with Gasteiger partial charge in [0.25, 0.3) is 0 Å². The second kappa shape index (κ2) is 8.35. The van der Waals surface area contributed by atoms with Crippen molar-refractivity contribution in [1.29, 1.82) is 0 Å². The summed E-state index contributed by atoms with van der Waals surface area (Å²) in [4.78, 5) is 9.45. The van der Waals surface area contributed by atoms with Crippen LogP contribution in [-0.4, -0.2) is 23.1 Å². The van der Waals surface area contributed by atoms with Crippen molar-refractivity contribution in [3.63, 3.8) is 0 Å². The highest BCUT2D eigenvalue weighted by Gasteiger charge is 2.14. The summed E-state index contributed by atoms with van der Waals surface area (Å²) < 4.78 is 0. The van der Waals surface area contributed by atoms with E-state index in [1.807, 2.05) is 0 Å². The van der Waals surface area contributed by atoms with Crippen LogP contribution < -0.4 is 5.32 Å². The Morgan fingerprint density at radius 3 is 2.15 bits per heavy atom. The third kappa shape index (κ3) is 4.86. The molecule has 1 aromatic rings. The molecule has 114 valence electrons. The second-order valence-corrected chi connectivity index (χ2v) is 6.05. The maximum absolute atomic E-state index is 4.72. The Morgan fingerprint density at radius 1 is 1.05 bits per heavy atom. The highest BCUT2D eigenvalue weighted by atomic mass is 14.9. The minimum Gasteiger partial charge on any atom is -0.316 e. The van der Waals surface area contributed by atoms with E-state index in [2.05, 4.69) is 46.9 Å². The van der Waals surface area contributed by atoms with E-state index >= 15 is 0 Å². The average molecular weight is 277 g/mol. The van der Waals surface area contributed by atoms with E-state index in [1.165, 1.54) is 12.0 Å². The number of nitrogens with zero attached hydrogens (tertiary/aromatic N) is 2. The van der Waals surface area contributed by atoms with Gasteiger partial charge >= 0.3 is 0 Å². The largest absolute Gasteiger partial charge is 0.316 e. The molecule has 0 amide bonds. The molecule has 0 bridgehead atoms. The monoisotopic (exact) mass is 277 g/mol. The molecule has 0 spiro atoms. The Morgan fingerprint density at radius 2 is 1.65 bits per heavy atom. The van der Waals surface area contributed by atoms with E-state index in [0.717, 1.165) is 43.1 Å². The predicted octanol–water partition coefficient (Wildman–Crippen LogP) is 3.79. The van der Waals surface area contributed by atoms with E-state index < -0.39 is 0 Å². The Hall–Kier alpha value is -0.960. The lowest BCUT2D eigenvalue weighted by atomic mass is 9.98. The number of hydrogen-bond donors (Lipinski definition) is 1. The molecule has 0 aromatic carbocycles. The normalized spacial score (nSPS) is 14.3. The molecule has 1 aromatic heterocycles. The third-order valence-electron chi connectivity index (χ3n) is 3.96. The van der Waals surface area contributed by atoms with Crippen LogP contribution in [-0.2, 0) is 6.42 Å². The number of aromatic nitrogens is 2. The van der Waals surface area contributed by atoms with Gasteiger partial charge in [0.1, 0.15) is 5.82 Å². The van der Waals surface area contributed by atoms with Gasteiger partial charge in [-0.25, -0.2) is 9.97 Å². The van der Waals surface area contributed by atoms with Gasteiger partial charge in [-0.3, -0.25) is 0 Å². The molecule has 0 aliphatic heterocycles. The molecule has 2 atom stereocenters. The van der Waals surface area contributed by atoms with Crippen molar-refractivity contribution in [3.05, 3.63) is 22.8 Å². The van der Waals surface area contributed by atoms with Gasteiger partial charge in [-0.2, -0.15) is 0 Å².